The molecular weight excluding hydrogens is 316 g/mol. The molecular formula is C20H18N2O3. The van der Waals surface area contributed by atoms with Gasteiger partial charge in [0.15, 0.2) is 6.39 Å². The molecule has 0 saturated carbocycles. The second-order valence-corrected chi connectivity index (χ2v) is 5.98. The first-order valence-electron chi connectivity index (χ1n) is 8.29. The number of ether oxygens (including phenoxy) is 1. The quantitative estimate of drug-likeness (QED) is 0.772. The third kappa shape index (κ3) is 3.13. The fourth-order valence-electron chi connectivity index (χ4n) is 3.30. The third-order valence-corrected chi connectivity index (χ3v) is 4.48. The Labute approximate surface area is 145 Å². The van der Waals surface area contributed by atoms with Crippen LogP contribution in [0.15, 0.2) is 65.6 Å². The summed E-state index contributed by atoms with van der Waals surface area (Å²) in [4.78, 5) is 16.0. The van der Waals surface area contributed by atoms with Gasteiger partial charge in [0.25, 0.3) is 0 Å². The molecule has 0 aliphatic heterocycles. The molecule has 1 N–H and O–H groups in total. The Balaban J connectivity index is 1.38. The number of fused-ring (bicyclic) bond motifs is 3. The number of benzene rings is 2. The molecule has 3 aromatic rings. The Morgan fingerprint density at radius 2 is 1.76 bits per heavy atom. The Kier molecular flexibility index (Phi) is 4.21. The summed E-state index contributed by atoms with van der Waals surface area (Å²) in [5.41, 5.74) is 5.66. The summed E-state index contributed by atoms with van der Waals surface area (Å²) in [5.74, 6) is 0.0775. The van der Waals surface area contributed by atoms with Gasteiger partial charge in [0.2, 0.25) is 0 Å². The first-order valence-corrected chi connectivity index (χ1v) is 8.29. The van der Waals surface area contributed by atoms with Crippen molar-refractivity contribution >= 4 is 6.09 Å². The van der Waals surface area contributed by atoms with Crippen molar-refractivity contribution in [3.8, 4) is 11.1 Å². The fourth-order valence-corrected chi connectivity index (χ4v) is 3.30. The molecule has 4 rings (SSSR count). The van der Waals surface area contributed by atoms with Crippen molar-refractivity contribution in [3.05, 3.63) is 78.0 Å². The first kappa shape index (κ1) is 15.4. The highest BCUT2D eigenvalue weighted by atomic mass is 16.5. The lowest BCUT2D eigenvalue weighted by atomic mass is 9.98. The smallest absolute Gasteiger partial charge is 0.407 e. The number of amides is 1. The Morgan fingerprint density at radius 1 is 1.08 bits per heavy atom. The molecule has 1 aliphatic carbocycles. The van der Waals surface area contributed by atoms with E-state index in [1.165, 1.54) is 28.6 Å². The average molecular weight is 334 g/mol. The Morgan fingerprint density at radius 3 is 2.40 bits per heavy atom. The van der Waals surface area contributed by atoms with E-state index in [1.54, 1.807) is 6.26 Å². The lowest BCUT2D eigenvalue weighted by molar-refractivity contribution is 0.143. The summed E-state index contributed by atoms with van der Waals surface area (Å²) in [5, 5.41) is 2.75. The van der Waals surface area contributed by atoms with Crippen molar-refractivity contribution in [2.24, 2.45) is 0 Å². The molecule has 5 heteroatoms. The van der Waals surface area contributed by atoms with E-state index < -0.39 is 6.09 Å². The average Bonchev–Trinajstić information content (AvgIpc) is 3.26. The summed E-state index contributed by atoms with van der Waals surface area (Å²) >= 11 is 0. The van der Waals surface area contributed by atoms with Crippen LogP contribution in [0, 0.1) is 0 Å². The lowest BCUT2D eigenvalue weighted by Gasteiger charge is -2.14. The molecule has 1 amide bonds. The molecule has 1 heterocycles. The van der Waals surface area contributed by atoms with Crippen molar-refractivity contribution in [2.45, 2.75) is 12.3 Å². The maximum absolute atomic E-state index is 12.0. The van der Waals surface area contributed by atoms with Crippen LogP contribution >= 0.6 is 0 Å². The highest BCUT2D eigenvalue weighted by molar-refractivity contribution is 5.79. The molecule has 0 radical (unpaired) electrons. The highest BCUT2D eigenvalue weighted by Gasteiger charge is 2.28. The summed E-state index contributed by atoms with van der Waals surface area (Å²) in [6.45, 7) is 0.785. The molecule has 0 unspecified atom stereocenters. The van der Waals surface area contributed by atoms with E-state index in [-0.39, 0.29) is 5.92 Å². The van der Waals surface area contributed by atoms with Gasteiger partial charge in [-0.2, -0.15) is 0 Å². The van der Waals surface area contributed by atoms with Crippen LogP contribution in [0.2, 0.25) is 0 Å². The van der Waals surface area contributed by atoms with E-state index in [0.717, 1.165) is 5.69 Å². The first-order chi connectivity index (χ1) is 12.3. The molecule has 25 heavy (non-hydrogen) atoms. The van der Waals surface area contributed by atoms with Crippen molar-refractivity contribution in [2.75, 3.05) is 13.2 Å². The molecule has 126 valence electrons. The highest BCUT2D eigenvalue weighted by Crippen LogP contribution is 2.44. The summed E-state index contributed by atoms with van der Waals surface area (Å²) in [7, 11) is 0. The van der Waals surface area contributed by atoms with Crippen LogP contribution in [0.1, 0.15) is 22.7 Å². The second kappa shape index (κ2) is 6.81. The maximum Gasteiger partial charge on any atom is 0.407 e. The number of oxazole rings is 1. The number of rotatable bonds is 5. The minimum atomic E-state index is -0.412. The monoisotopic (exact) mass is 334 g/mol. The van der Waals surface area contributed by atoms with Crippen LogP contribution in [0.25, 0.3) is 11.1 Å². The number of carbonyl (C=O) groups excluding carboxylic acids is 1. The van der Waals surface area contributed by atoms with Gasteiger partial charge in [-0.05, 0) is 22.3 Å². The zero-order valence-electron chi connectivity index (χ0n) is 13.6. The predicted octanol–water partition coefficient (Wildman–Crippen LogP) is 3.76. The molecule has 5 nitrogen and oxygen atoms in total. The molecule has 0 atom stereocenters. The van der Waals surface area contributed by atoms with Gasteiger partial charge >= 0.3 is 6.09 Å². The van der Waals surface area contributed by atoms with Crippen molar-refractivity contribution in [1.29, 1.82) is 0 Å². The number of aromatic nitrogens is 1. The van der Waals surface area contributed by atoms with Gasteiger partial charge in [0.05, 0.1) is 5.69 Å². The SMILES string of the molecule is O=C(NCCc1cocn1)OCC1c2ccccc2-c2ccccc21. The number of nitrogens with zero attached hydrogens (tertiary/aromatic N) is 1. The van der Waals surface area contributed by atoms with E-state index in [1.807, 2.05) is 24.3 Å². The lowest BCUT2D eigenvalue weighted by Crippen LogP contribution is -2.28. The zero-order valence-corrected chi connectivity index (χ0v) is 13.6. The van der Waals surface area contributed by atoms with E-state index in [0.29, 0.717) is 19.6 Å². The summed E-state index contributed by atoms with van der Waals surface area (Å²) < 4.78 is 10.4. The molecule has 2 aromatic carbocycles. The molecule has 0 saturated heterocycles. The van der Waals surface area contributed by atoms with Crippen molar-refractivity contribution < 1.29 is 13.9 Å². The summed E-state index contributed by atoms with van der Waals surface area (Å²) in [6, 6.07) is 16.6. The largest absolute Gasteiger partial charge is 0.451 e. The van der Waals surface area contributed by atoms with Crippen LogP contribution < -0.4 is 5.32 Å². The van der Waals surface area contributed by atoms with E-state index in [9.17, 15) is 4.79 Å². The molecule has 1 aliphatic rings. The topological polar surface area (TPSA) is 64.4 Å². The number of hydrogen-bond acceptors (Lipinski definition) is 4. The van der Waals surface area contributed by atoms with Crippen molar-refractivity contribution in [3.63, 3.8) is 0 Å². The van der Waals surface area contributed by atoms with Crippen LogP contribution in [-0.2, 0) is 11.2 Å². The second-order valence-electron chi connectivity index (χ2n) is 5.98. The van der Waals surface area contributed by atoms with Crippen LogP contribution in [-0.4, -0.2) is 24.2 Å². The third-order valence-electron chi connectivity index (χ3n) is 4.48. The normalized spacial score (nSPS) is 12.5. The van der Waals surface area contributed by atoms with Crippen LogP contribution in [0.4, 0.5) is 4.79 Å². The van der Waals surface area contributed by atoms with Gasteiger partial charge in [-0.15, -0.1) is 0 Å². The van der Waals surface area contributed by atoms with E-state index >= 15 is 0 Å². The fraction of sp³-hybridized carbons (Fsp3) is 0.200. The van der Waals surface area contributed by atoms with Gasteiger partial charge in [-0.3, -0.25) is 0 Å². The van der Waals surface area contributed by atoms with E-state index in [2.05, 4.69) is 34.6 Å². The summed E-state index contributed by atoms with van der Waals surface area (Å²) in [6.07, 6.45) is 3.15. The zero-order chi connectivity index (χ0) is 17.1. The number of carbonyl (C=O) groups is 1. The Hall–Kier alpha value is -3.08. The number of nitrogens with one attached hydrogen (secondary N) is 1. The molecule has 0 spiro atoms. The van der Waals surface area contributed by atoms with Crippen molar-refractivity contribution in [1.82, 2.24) is 10.3 Å². The minimum absolute atomic E-state index is 0.0775. The molecule has 0 fully saturated rings. The van der Waals surface area contributed by atoms with Crippen LogP contribution in [0.5, 0.6) is 0 Å². The standard InChI is InChI=1S/C20H18N2O3/c23-20(21-10-9-14-11-24-13-22-14)25-12-19-17-7-3-1-5-15(17)16-6-2-4-8-18(16)19/h1-8,11,13,19H,9-10,12H2,(H,21,23). The molecule has 1 aromatic heterocycles. The Bertz CT molecular complexity index is 829. The van der Waals surface area contributed by atoms with Gasteiger partial charge in [-0.25, -0.2) is 9.78 Å². The van der Waals surface area contributed by atoms with Gasteiger partial charge in [0.1, 0.15) is 12.9 Å². The maximum atomic E-state index is 12.0. The predicted molar refractivity (Wildman–Crippen MR) is 93.3 cm³/mol. The van der Waals surface area contributed by atoms with Gasteiger partial charge in [-0.1, -0.05) is 48.5 Å². The molecule has 0 bridgehead atoms. The number of alkyl carbamates (subject to hydrolysis) is 1. The van der Waals surface area contributed by atoms with Gasteiger partial charge in [0, 0.05) is 18.9 Å². The van der Waals surface area contributed by atoms with Crippen LogP contribution in [0.3, 0.4) is 0 Å². The minimum Gasteiger partial charge on any atom is -0.451 e. The van der Waals surface area contributed by atoms with Gasteiger partial charge < -0.3 is 14.5 Å². The van der Waals surface area contributed by atoms with E-state index in [4.69, 9.17) is 9.15 Å². The number of hydrogen-bond donors (Lipinski definition) is 1.